The van der Waals surface area contributed by atoms with E-state index in [0.717, 1.165) is 29.6 Å². The molecule has 3 rings (SSSR count). The van der Waals surface area contributed by atoms with Crippen molar-refractivity contribution in [3.05, 3.63) is 34.0 Å². The van der Waals surface area contributed by atoms with Gasteiger partial charge in [-0.2, -0.15) is 18.3 Å². The van der Waals surface area contributed by atoms with Gasteiger partial charge in [0, 0.05) is 18.6 Å². The van der Waals surface area contributed by atoms with Gasteiger partial charge in [-0.1, -0.05) is 12.8 Å². The number of carbonyl (C=O) groups is 1. The highest BCUT2D eigenvalue weighted by molar-refractivity contribution is 7.09. The molecule has 24 heavy (non-hydrogen) atoms. The topological polar surface area (TPSA) is 51.0 Å². The third kappa shape index (κ3) is 3.61. The summed E-state index contributed by atoms with van der Waals surface area (Å²) in [7, 11) is 1.53. The largest absolute Gasteiger partial charge is 0.434 e. The van der Waals surface area contributed by atoms with Crippen molar-refractivity contribution in [1.29, 1.82) is 0 Å². The minimum Gasteiger partial charge on any atom is -0.334 e. The lowest BCUT2D eigenvalue weighted by atomic mass is 10.3. The summed E-state index contributed by atoms with van der Waals surface area (Å²) in [5, 5.41) is 5.53. The summed E-state index contributed by atoms with van der Waals surface area (Å²) in [5.74, 6) is -0.324. The maximum Gasteiger partial charge on any atom is 0.434 e. The molecule has 2 heterocycles. The Hall–Kier alpha value is -1.90. The van der Waals surface area contributed by atoms with E-state index in [1.807, 2.05) is 4.68 Å². The summed E-state index contributed by atoms with van der Waals surface area (Å²) < 4.78 is 39.5. The maximum absolute atomic E-state index is 12.6. The zero-order chi connectivity index (χ0) is 17.3. The number of amides is 1. The summed E-state index contributed by atoms with van der Waals surface area (Å²) in [5.41, 5.74) is -0.620. The molecular formula is C15H17F3N4OS. The van der Waals surface area contributed by atoms with Crippen LogP contribution < -0.4 is 0 Å². The van der Waals surface area contributed by atoms with Gasteiger partial charge in [0.25, 0.3) is 5.91 Å². The van der Waals surface area contributed by atoms with Gasteiger partial charge < -0.3 is 4.90 Å². The molecule has 0 bridgehead atoms. The van der Waals surface area contributed by atoms with Gasteiger partial charge in [0.05, 0.1) is 12.6 Å². The number of rotatable bonds is 4. The van der Waals surface area contributed by atoms with Crippen LogP contribution in [0, 0.1) is 0 Å². The van der Waals surface area contributed by atoms with E-state index in [-0.39, 0.29) is 17.5 Å². The molecule has 0 aliphatic heterocycles. The molecule has 1 saturated carbocycles. The normalized spacial score (nSPS) is 15.8. The van der Waals surface area contributed by atoms with Gasteiger partial charge in [-0.15, -0.1) is 11.3 Å². The molecule has 2 aromatic rings. The van der Waals surface area contributed by atoms with Crippen molar-refractivity contribution in [3.8, 4) is 0 Å². The minimum absolute atomic E-state index is 0.0237. The smallest absolute Gasteiger partial charge is 0.334 e. The van der Waals surface area contributed by atoms with Gasteiger partial charge in [0.1, 0.15) is 10.7 Å². The molecule has 0 saturated heterocycles. The third-order valence-electron chi connectivity index (χ3n) is 4.09. The highest BCUT2D eigenvalue weighted by atomic mass is 32.1. The summed E-state index contributed by atoms with van der Waals surface area (Å²) >= 11 is 0.892. The zero-order valence-corrected chi connectivity index (χ0v) is 13.9. The summed E-state index contributed by atoms with van der Waals surface area (Å²) in [6.45, 7) is 0.0237. The zero-order valence-electron chi connectivity index (χ0n) is 13.1. The minimum atomic E-state index is -4.46. The quantitative estimate of drug-likeness (QED) is 0.836. The van der Waals surface area contributed by atoms with Crippen molar-refractivity contribution in [2.75, 3.05) is 7.05 Å². The molecule has 0 atom stereocenters. The Morgan fingerprint density at radius 3 is 2.75 bits per heavy atom. The van der Waals surface area contributed by atoms with Crippen molar-refractivity contribution in [2.24, 2.45) is 0 Å². The molecule has 0 N–H and O–H groups in total. The second-order valence-corrected chi connectivity index (χ2v) is 6.85. The van der Waals surface area contributed by atoms with Crippen LogP contribution in [0.1, 0.15) is 52.9 Å². The Labute approximate surface area is 141 Å². The molecule has 0 aromatic carbocycles. The van der Waals surface area contributed by atoms with Crippen molar-refractivity contribution in [3.63, 3.8) is 0 Å². The number of hydrogen-bond donors (Lipinski definition) is 0. The first kappa shape index (κ1) is 16.9. The van der Waals surface area contributed by atoms with Crippen molar-refractivity contribution in [2.45, 2.75) is 44.4 Å². The average Bonchev–Trinajstić information content (AvgIpc) is 3.25. The van der Waals surface area contributed by atoms with E-state index in [0.29, 0.717) is 11.7 Å². The van der Waals surface area contributed by atoms with Crippen molar-refractivity contribution in [1.82, 2.24) is 19.7 Å². The molecule has 1 fully saturated rings. The van der Waals surface area contributed by atoms with Crippen LogP contribution >= 0.6 is 11.3 Å². The van der Waals surface area contributed by atoms with Gasteiger partial charge in [-0.25, -0.2) is 4.98 Å². The van der Waals surface area contributed by atoms with E-state index in [2.05, 4.69) is 10.1 Å². The lowest BCUT2D eigenvalue weighted by Crippen LogP contribution is -2.27. The first-order valence-electron chi connectivity index (χ1n) is 7.67. The molecule has 2 aromatic heterocycles. The fourth-order valence-corrected chi connectivity index (χ4v) is 3.66. The summed E-state index contributed by atoms with van der Waals surface area (Å²) in [6, 6.07) is 1.99. The molecule has 5 nitrogen and oxygen atoms in total. The van der Waals surface area contributed by atoms with Gasteiger partial charge in [-0.3, -0.25) is 9.48 Å². The van der Waals surface area contributed by atoms with E-state index < -0.39 is 11.9 Å². The fourth-order valence-electron chi connectivity index (χ4n) is 2.81. The van der Waals surface area contributed by atoms with E-state index in [9.17, 15) is 18.0 Å². The third-order valence-corrected chi connectivity index (χ3v) is 4.92. The van der Waals surface area contributed by atoms with Crippen LogP contribution in [0.3, 0.4) is 0 Å². The number of carbonyl (C=O) groups excluding carboxylic acids is 1. The van der Waals surface area contributed by atoms with Crippen LogP contribution in [0.5, 0.6) is 0 Å². The van der Waals surface area contributed by atoms with Gasteiger partial charge >= 0.3 is 6.18 Å². The predicted molar refractivity (Wildman–Crippen MR) is 82.6 cm³/mol. The van der Waals surface area contributed by atoms with Gasteiger partial charge in [0.2, 0.25) is 0 Å². The number of nitrogens with zero attached hydrogens (tertiary/aromatic N) is 4. The van der Waals surface area contributed by atoms with Gasteiger partial charge in [-0.05, 0) is 18.9 Å². The lowest BCUT2D eigenvalue weighted by molar-refractivity contribution is -0.140. The van der Waals surface area contributed by atoms with E-state index in [4.69, 9.17) is 0 Å². The molecule has 1 amide bonds. The molecule has 1 aliphatic rings. The molecule has 130 valence electrons. The number of hydrogen-bond acceptors (Lipinski definition) is 4. The van der Waals surface area contributed by atoms with Crippen LogP contribution in [0.25, 0.3) is 0 Å². The molecule has 1 aliphatic carbocycles. The first-order valence-corrected chi connectivity index (χ1v) is 8.55. The van der Waals surface area contributed by atoms with Crippen LogP contribution in [0.2, 0.25) is 0 Å². The fraction of sp³-hybridized carbons (Fsp3) is 0.533. The van der Waals surface area contributed by atoms with Crippen LogP contribution in [-0.2, 0) is 12.7 Å². The van der Waals surface area contributed by atoms with E-state index >= 15 is 0 Å². The maximum atomic E-state index is 12.6. The second kappa shape index (κ2) is 6.54. The Balaban J connectivity index is 1.65. The van der Waals surface area contributed by atoms with E-state index in [1.54, 1.807) is 12.3 Å². The number of thiazole rings is 1. The Kier molecular flexibility index (Phi) is 4.62. The second-order valence-electron chi connectivity index (χ2n) is 5.90. The Morgan fingerprint density at radius 1 is 1.42 bits per heavy atom. The van der Waals surface area contributed by atoms with Crippen LogP contribution in [0.15, 0.2) is 17.6 Å². The molecule has 0 radical (unpaired) electrons. The molecule has 0 spiro atoms. The van der Waals surface area contributed by atoms with Crippen LogP contribution in [0.4, 0.5) is 13.2 Å². The lowest BCUT2D eigenvalue weighted by Gasteiger charge is -2.14. The average molecular weight is 358 g/mol. The van der Waals surface area contributed by atoms with Crippen LogP contribution in [-0.4, -0.2) is 32.6 Å². The first-order chi connectivity index (χ1) is 11.3. The summed E-state index contributed by atoms with van der Waals surface area (Å²) in [4.78, 5) is 17.3. The van der Waals surface area contributed by atoms with E-state index in [1.165, 1.54) is 24.8 Å². The standard InChI is InChI=1S/C15H17F3N4OS/c1-21(8-13-19-12(9-24-13)15(16,17)18)14(23)11-6-7-22(20-11)10-4-2-3-5-10/h6-7,9-10H,2-5,8H2,1H3. The SMILES string of the molecule is CN(Cc1nc(C(F)(F)F)cs1)C(=O)c1ccn(C2CCCC2)n1. The number of alkyl halides is 3. The monoisotopic (exact) mass is 358 g/mol. The number of aromatic nitrogens is 3. The number of halogens is 3. The Bertz CT molecular complexity index is 718. The highest BCUT2D eigenvalue weighted by Gasteiger charge is 2.34. The molecular weight excluding hydrogens is 341 g/mol. The molecule has 0 unspecified atom stereocenters. The highest BCUT2D eigenvalue weighted by Crippen LogP contribution is 2.30. The summed E-state index contributed by atoms with van der Waals surface area (Å²) in [6.07, 6.45) is 1.78. The van der Waals surface area contributed by atoms with Crippen molar-refractivity contribution < 1.29 is 18.0 Å². The molecule has 9 heteroatoms. The van der Waals surface area contributed by atoms with Gasteiger partial charge in [0.15, 0.2) is 5.69 Å². The predicted octanol–water partition coefficient (Wildman–Crippen LogP) is 3.75. The Morgan fingerprint density at radius 2 is 2.12 bits per heavy atom. The van der Waals surface area contributed by atoms with Crippen molar-refractivity contribution >= 4 is 17.2 Å².